The van der Waals surface area contributed by atoms with Crippen LogP contribution in [0.2, 0.25) is 0 Å². The lowest BCUT2D eigenvalue weighted by Gasteiger charge is -2.19. The molecular formula is C12H21N3O. The molecule has 2 rings (SSSR count). The summed E-state index contributed by atoms with van der Waals surface area (Å²) >= 11 is 0. The average molecular weight is 223 g/mol. The molecule has 0 aromatic carbocycles. The summed E-state index contributed by atoms with van der Waals surface area (Å²) in [6.07, 6.45) is 4.47. The van der Waals surface area contributed by atoms with Gasteiger partial charge in [0, 0.05) is 6.42 Å². The van der Waals surface area contributed by atoms with Crippen LogP contribution in [0.1, 0.15) is 57.8 Å². The van der Waals surface area contributed by atoms with Crippen LogP contribution in [-0.2, 0) is 6.42 Å². The molecule has 1 aliphatic heterocycles. The van der Waals surface area contributed by atoms with Crippen LogP contribution in [-0.4, -0.2) is 16.7 Å². The van der Waals surface area contributed by atoms with Gasteiger partial charge in [-0.1, -0.05) is 32.3 Å². The Morgan fingerprint density at radius 2 is 2.19 bits per heavy atom. The minimum absolute atomic E-state index is 0.209. The van der Waals surface area contributed by atoms with Crippen LogP contribution in [0.5, 0.6) is 0 Å². The lowest BCUT2D eigenvalue weighted by Crippen LogP contribution is -2.27. The molecule has 1 aliphatic rings. The van der Waals surface area contributed by atoms with E-state index in [0.717, 1.165) is 31.1 Å². The van der Waals surface area contributed by atoms with Gasteiger partial charge < -0.3 is 9.84 Å². The Balaban J connectivity index is 2.01. The predicted octanol–water partition coefficient (Wildman–Crippen LogP) is 2.47. The van der Waals surface area contributed by atoms with Crippen molar-refractivity contribution in [1.29, 1.82) is 0 Å². The van der Waals surface area contributed by atoms with Crippen molar-refractivity contribution in [2.75, 3.05) is 6.54 Å². The van der Waals surface area contributed by atoms with Crippen molar-refractivity contribution < 1.29 is 4.52 Å². The second kappa shape index (κ2) is 4.53. The standard InChI is InChI=1S/C12H21N3O/c1-12(2,3)8-10-14-11(16-15-10)9-6-4-5-7-13-9/h9,13H,4-8H2,1-3H3. The molecule has 0 radical (unpaired) electrons. The maximum absolute atomic E-state index is 5.33. The van der Waals surface area contributed by atoms with Crippen LogP contribution >= 0.6 is 0 Å². The normalized spacial score (nSPS) is 22.3. The van der Waals surface area contributed by atoms with Crippen LogP contribution in [0.4, 0.5) is 0 Å². The fourth-order valence-electron chi connectivity index (χ4n) is 2.02. The van der Waals surface area contributed by atoms with Crippen molar-refractivity contribution >= 4 is 0 Å². The Bertz CT molecular complexity index is 334. The van der Waals surface area contributed by atoms with E-state index in [1.54, 1.807) is 0 Å². The molecule has 2 heterocycles. The molecule has 1 aromatic rings. The number of hydrogen-bond acceptors (Lipinski definition) is 4. The van der Waals surface area contributed by atoms with Crippen molar-refractivity contribution in [3.05, 3.63) is 11.7 Å². The van der Waals surface area contributed by atoms with Crippen molar-refractivity contribution in [3.63, 3.8) is 0 Å². The monoisotopic (exact) mass is 223 g/mol. The van der Waals surface area contributed by atoms with Gasteiger partial charge in [0.05, 0.1) is 6.04 Å². The molecule has 0 saturated carbocycles. The van der Waals surface area contributed by atoms with Gasteiger partial charge in [0.25, 0.3) is 0 Å². The summed E-state index contributed by atoms with van der Waals surface area (Å²) in [4.78, 5) is 4.48. The second-order valence-corrected chi connectivity index (χ2v) is 5.79. The highest BCUT2D eigenvalue weighted by molar-refractivity contribution is 4.96. The number of rotatable bonds is 2. The van der Waals surface area contributed by atoms with Crippen LogP contribution in [0.15, 0.2) is 4.52 Å². The van der Waals surface area contributed by atoms with E-state index in [1.165, 1.54) is 12.8 Å². The number of nitrogens with one attached hydrogen (secondary N) is 1. The zero-order valence-electron chi connectivity index (χ0n) is 10.4. The Morgan fingerprint density at radius 3 is 2.81 bits per heavy atom. The van der Waals surface area contributed by atoms with Gasteiger partial charge in [0.15, 0.2) is 5.82 Å². The summed E-state index contributed by atoms with van der Waals surface area (Å²) in [5, 5.41) is 7.47. The molecule has 4 heteroatoms. The van der Waals surface area contributed by atoms with E-state index in [1.807, 2.05) is 0 Å². The van der Waals surface area contributed by atoms with Crippen LogP contribution in [0.25, 0.3) is 0 Å². The Labute approximate surface area is 96.8 Å². The largest absolute Gasteiger partial charge is 0.338 e. The van der Waals surface area contributed by atoms with Crippen molar-refractivity contribution in [2.24, 2.45) is 5.41 Å². The summed E-state index contributed by atoms with van der Waals surface area (Å²) in [5.74, 6) is 1.59. The van der Waals surface area contributed by atoms with E-state index < -0.39 is 0 Å². The van der Waals surface area contributed by atoms with Gasteiger partial charge in [-0.3, -0.25) is 0 Å². The van der Waals surface area contributed by atoms with E-state index in [4.69, 9.17) is 4.52 Å². The molecule has 1 N–H and O–H groups in total. The van der Waals surface area contributed by atoms with E-state index >= 15 is 0 Å². The van der Waals surface area contributed by atoms with E-state index in [2.05, 4.69) is 36.2 Å². The van der Waals surface area contributed by atoms with Gasteiger partial charge in [-0.15, -0.1) is 0 Å². The summed E-state index contributed by atoms with van der Waals surface area (Å²) in [6.45, 7) is 7.60. The van der Waals surface area contributed by atoms with Crippen molar-refractivity contribution in [3.8, 4) is 0 Å². The molecule has 1 saturated heterocycles. The minimum Gasteiger partial charge on any atom is -0.338 e. The first-order valence-electron chi connectivity index (χ1n) is 6.10. The van der Waals surface area contributed by atoms with Gasteiger partial charge in [0.1, 0.15) is 0 Å². The third-order valence-corrected chi connectivity index (χ3v) is 2.78. The van der Waals surface area contributed by atoms with Crippen LogP contribution < -0.4 is 5.32 Å². The van der Waals surface area contributed by atoms with E-state index in [-0.39, 0.29) is 11.5 Å². The zero-order valence-corrected chi connectivity index (χ0v) is 10.4. The molecule has 16 heavy (non-hydrogen) atoms. The molecule has 90 valence electrons. The smallest absolute Gasteiger partial charge is 0.243 e. The maximum atomic E-state index is 5.33. The van der Waals surface area contributed by atoms with Gasteiger partial charge >= 0.3 is 0 Å². The van der Waals surface area contributed by atoms with Gasteiger partial charge in [-0.2, -0.15) is 4.98 Å². The molecule has 1 aromatic heterocycles. The Hall–Kier alpha value is -0.900. The molecule has 1 unspecified atom stereocenters. The van der Waals surface area contributed by atoms with Crippen LogP contribution in [0.3, 0.4) is 0 Å². The molecule has 0 bridgehead atoms. The van der Waals surface area contributed by atoms with E-state index in [0.29, 0.717) is 0 Å². The first-order valence-corrected chi connectivity index (χ1v) is 6.10. The van der Waals surface area contributed by atoms with Crippen molar-refractivity contribution in [1.82, 2.24) is 15.5 Å². The second-order valence-electron chi connectivity index (χ2n) is 5.79. The molecule has 0 aliphatic carbocycles. The highest BCUT2D eigenvalue weighted by Gasteiger charge is 2.22. The SMILES string of the molecule is CC(C)(C)Cc1noc(C2CCCCN2)n1. The topological polar surface area (TPSA) is 51.0 Å². The quantitative estimate of drug-likeness (QED) is 0.836. The zero-order chi connectivity index (χ0) is 11.6. The number of nitrogens with zero attached hydrogens (tertiary/aromatic N) is 2. The lowest BCUT2D eigenvalue weighted by atomic mass is 9.92. The predicted molar refractivity (Wildman–Crippen MR) is 62.1 cm³/mol. The average Bonchev–Trinajstić information content (AvgIpc) is 2.65. The van der Waals surface area contributed by atoms with E-state index in [9.17, 15) is 0 Å². The minimum atomic E-state index is 0.209. The Morgan fingerprint density at radius 1 is 1.38 bits per heavy atom. The molecule has 4 nitrogen and oxygen atoms in total. The van der Waals surface area contributed by atoms with Gasteiger partial charge in [0.2, 0.25) is 5.89 Å². The van der Waals surface area contributed by atoms with Crippen LogP contribution in [0, 0.1) is 5.41 Å². The third-order valence-electron chi connectivity index (χ3n) is 2.78. The summed E-state index contributed by atoms with van der Waals surface area (Å²) in [5.41, 5.74) is 0.209. The number of aromatic nitrogens is 2. The highest BCUT2D eigenvalue weighted by atomic mass is 16.5. The lowest BCUT2D eigenvalue weighted by molar-refractivity contribution is 0.293. The number of hydrogen-bond donors (Lipinski definition) is 1. The molecule has 1 fully saturated rings. The molecule has 0 amide bonds. The van der Waals surface area contributed by atoms with Gasteiger partial charge in [-0.05, 0) is 24.8 Å². The molecule has 0 spiro atoms. The molecule has 1 atom stereocenters. The highest BCUT2D eigenvalue weighted by Crippen LogP contribution is 2.23. The van der Waals surface area contributed by atoms with Gasteiger partial charge in [-0.25, -0.2) is 0 Å². The Kier molecular flexibility index (Phi) is 3.28. The van der Waals surface area contributed by atoms with Crippen molar-refractivity contribution in [2.45, 2.75) is 52.5 Å². The fourth-order valence-corrected chi connectivity index (χ4v) is 2.02. The summed E-state index contributed by atoms with van der Waals surface area (Å²) < 4.78 is 5.33. The maximum Gasteiger partial charge on any atom is 0.243 e. The first-order chi connectivity index (χ1) is 7.54. The fraction of sp³-hybridized carbons (Fsp3) is 0.833. The summed E-state index contributed by atoms with van der Waals surface area (Å²) in [7, 11) is 0. The first kappa shape index (κ1) is 11.6. The third kappa shape index (κ3) is 3.04. The molecular weight excluding hydrogens is 202 g/mol. The number of piperidine rings is 1. The summed E-state index contributed by atoms with van der Waals surface area (Å²) in [6, 6.07) is 0.273.